The third-order valence-corrected chi connectivity index (χ3v) is 2.82. The molecule has 1 rings (SSSR count). The van der Waals surface area contributed by atoms with Crippen molar-refractivity contribution in [3.63, 3.8) is 0 Å². The van der Waals surface area contributed by atoms with Gasteiger partial charge in [0.15, 0.2) is 0 Å². The average Bonchev–Trinajstić information content (AvgIpc) is 2.39. The maximum Gasteiger partial charge on any atom is 0.328 e. The highest BCUT2D eigenvalue weighted by molar-refractivity contribution is 6.14. The third kappa shape index (κ3) is 3.40. The van der Waals surface area contributed by atoms with Crippen LogP contribution >= 0.6 is 0 Å². The summed E-state index contributed by atoms with van der Waals surface area (Å²) in [5.41, 5.74) is 7.79. The Bertz CT molecular complexity index is 491. The van der Waals surface area contributed by atoms with Gasteiger partial charge in [-0.1, -0.05) is 6.92 Å². The Morgan fingerprint density at radius 2 is 1.95 bits per heavy atom. The standard InChI is InChI=1S/C14H22N4O2/c1-5-6-20-11-7-9(2)12(10(3)8-11)18(13(15)16)14(19)17-4/h7-8H,5-6H2,1-4H3,(H3,15,16)(H,17,19). The van der Waals surface area contributed by atoms with Crippen LogP contribution in [0.4, 0.5) is 10.5 Å². The number of guanidine groups is 1. The summed E-state index contributed by atoms with van der Waals surface area (Å²) >= 11 is 0. The molecule has 0 aliphatic heterocycles. The molecule has 0 spiro atoms. The molecule has 0 radical (unpaired) electrons. The molecule has 0 heterocycles. The van der Waals surface area contributed by atoms with Gasteiger partial charge in [0.2, 0.25) is 5.96 Å². The molecule has 0 bridgehead atoms. The van der Waals surface area contributed by atoms with Crippen LogP contribution in [0.5, 0.6) is 5.75 Å². The van der Waals surface area contributed by atoms with Crippen LogP contribution in [0.3, 0.4) is 0 Å². The van der Waals surface area contributed by atoms with Gasteiger partial charge in [-0.15, -0.1) is 0 Å². The van der Waals surface area contributed by atoms with Gasteiger partial charge in [-0.05, 0) is 43.5 Å². The van der Waals surface area contributed by atoms with E-state index >= 15 is 0 Å². The van der Waals surface area contributed by atoms with Crippen molar-refractivity contribution in [3.05, 3.63) is 23.3 Å². The lowest BCUT2D eigenvalue weighted by Gasteiger charge is -2.24. The fourth-order valence-corrected chi connectivity index (χ4v) is 2.02. The molecule has 0 aromatic heterocycles. The number of aryl methyl sites for hydroxylation is 2. The molecule has 1 aromatic carbocycles. The molecule has 0 saturated heterocycles. The fourth-order valence-electron chi connectivity index (χ4n) is 2.02. The van der Waals surface area contributed by atoms with E-state index in [9.17, 15) is 4.79 Å². The van der Waals surface area contributed by atoms with Crippen molar-refractivity contribution < 1.29 is 9.53 Å². The number of amides is 2. The van der Waals surface area contributed by atoms with Crippen molar-refractivity contribution in [1.29, 1.82) is 5.41 Å². The molecule has 6 nitrogen and oxygen atoms in total. The van der Waals surface area contributed by atoms with Gasteiger partial charge in [0.1, 0.15) is 5.75 Å². The Morgan fingerprint density at radius 1 is 1.40 bits per heavy atom. The predicted octanol–water partition coefficient (Wildman–Crippen LogP) is 2.13. The first-order valence-electron chi connectivity index (χ1n) is 6.52. The Kier molecular flexibility index (Phi) is 5.37. The monoisotopic (exact) mass is 278 g/mol. The Balaban J connectivity index is 3.23. The van der Waals surface area contributed by atoms with E-state index in [-0.39, 0.29) is 5.96 Å². The first-order chi connectivity index (χ1) is 9.42. The molecule has 20 heavy (non-hydrogen) atoms. The van der Waals surface area contributed by atoms with Gasteiger partial charge >= 0.3 is 6.03 Å². The normalized spacial score (nSPS) is 10.0. The summed E-state index contributed by atoms with van der Waals surface area (Å²) in [4.78, 5) is 13.0. The van der Waals surface area contributed by atoms with E-state index in [1.165, 1.54) is 7.05 Å². The molecule has 0 aliphatic carbocycles. The van der Waals surface area contributed by atoms with Gasteiger partial charge in [-0.2, -0.15) is 0 Å². The van der Waals surface area contributed by atoms with Crippen molar-refractivity contribution in [3.8, 4) is 5.75 Å². The van der Waals surface area contributed by atoms with Crippen molar-refractivity contribution >= 4 is 17.7 Å². The SMILES string of the molecule is CCCOc1cc(C)c(N(C(=N)N)C(=O)NC)c(C)c1. The zero-order chi connectivity index (χ0) is 15.3. The Hall–Kier alpha value is -2.24. The van der Waals surface area contributed by atoms with Crippen LogP contribution in [-0.4, -0.2) is 25.6 Å². The highest BCUT2D eigenvalue weighted by Gasteiger charge is 2.21. The number of nitrogens with zero attached hydrogens (tertiary/aromatic N) is 1. The number of ether oxygens (including phenoxy) is 1. The van der Waals surface area contributed by atoms with Gasteiger partial charge < -0.3 is 15.8 Å². The van der Waals surface area contributed by atoms with Crippen LogP contribution in [0.1, 0.15) is 24.5 Å². The number of hydrogen-bond donors (Lipinski definition) is 3. The van der Waals surface area contributed by atoms with Gasteiger partial charge in [0, 0.05) is 7.05 Å². The van der Waals surface area contributed by atoms with Crippen LogP contribution in [0.2, 0.25) is 0 Å². The molecule has 0 atom stereocenters. The number of anilines is 1. The molecule has 0 unspecified atom stereocenters. The third-order valence-electron chi connectivity index (χ3n) is 2.82. The minimum atomic E-state index is -0.439. The lowest BCUT2D eigenvalue weighted by molar-refractivity contribution is 0.251. The Morgan fingerprint density at radius 3 is 2.35 bits per heavy atom. The molecular formula is C14H22N4O2. The van der Waals surface area contributed by atoms with E-state index in [1.807, 2.05) is 32.9 Å². The predicted molar refractivity (Wildman–Crippen MR) is 80.6 cm³/mol. The Labute approximate surface area is 119 Å². The van der Waals surface area contributed by atoms with Gasteiger partial charge in [0.25, 0.3) is 0 Å². The second kappa shape index (κ2) is 6.79. The number of benzene rings is 1. The summed E-state index contributed by atoms with van der Waals surface area (Å²) in [6.45, 7) is 6.40. The molecular weight excluding hydrogens is 256 g/mol. The second-order valence-corrected chi connectivity index (χ2v) is 4.53. The smallest absolute Gasteiger partial charge is 0.328 e. The topological polar surface area (TPSA) is 91.4 Å². The number of carbonyl (C=O) groups is 1. The van der Waals surface area contributed by atoms with Crippen LogP contribution < -0.4 is 20.7 Å². The number of carbonyl (C=O) groups excluding carboxylic acids is 1. The molecule has 6 heteroatoms. The van der Waals surface area contributed by atoms with Gasteiger partial charge in [-0.25, -0.2) is 9.69 Å². The molecule has 0 aliphatic rings. The van der Waals surface area contributed by atoms with E-state index in [1.54, 1.807) is 0 Å². The molecule has 0 fully saturated rings. The van der Waals surface area contributed by atoms with E-state index in [0.29, 0.717) is 12.3 Å². The second-order valence-electron chi connectivity index (χ2n) is 4.53. The largest absolute Gasteiger partial charge is 0.494 e. The van der Waals surface area contributed by atoms with Crippen LogP contribution in [0.25, 0.3) is 0 Å². The van der Waals surface area contributed by atoms with Gasteiger partial charge in [0.05, 0.1) is 12.3 Å². The maximum absolute atomic E-state index is 11.9. The number of nitrogens with one attached hydrogen (secondary N) is 2. The van der Waals surface area contributed by atoms with Crippen molar-refractivity contribution in [2.24, 2.45) is 5.73 Å². The van der Waals surface area contributed by atoms with E-state index in [4.69, 9.17) is 15.9 Å². The summed E-state index contributed by atoms with van der Waals surface area (Å²) in [5, 5.41) is 10.1. The van der Waals surface area contributed by atoms with E-state index in [0.717, 1.165) is 28.2 Å². The van der Waals surface area contributed by atoms with Crippen molar-refractivity contribution in [2.75, 3.05) is 18.6 Å². The minimum Gasteiger partial charge on any atom is -0.494 e. The maximum atomic E-state index is 11.9. The molecule has 2 amide bonds. The highest BCUT2D eigenvalue weighted by atomic mass is 16.5. The zero-order valence-corrected chi connectivity index (χ0v) is 12.4. The summed E-state index contributed by atoms with van der Waals surface area (Å²) in [5.74, 6) is 0.434. The van der Waals surface area contributed by atoms with Crippen molar-refractivity contribution in [1.82, 2.24) is 5.32 Å². The first kappa shape index (κ1) is 15.8. The van der Waals surface area contributed by atoms with Crippen LogP contribution in [0, 0.1) is 19.3 Å². The van der Waals surface area contributed by atoms with Gasteiger partial charge in [-0.3, -0.25) is 5.41 Å². The van der Waals surface area contributed by atoms with E-state index < -0.39 is 6.03 Å². The molecule has 1 aromatic rings. The average molecular weight is 278 g/mol. The fraction of sp³-hybridized carbons (Fsp3) is 0.429. The first-order valence-corrected chi connectivity index (χ1v) is 6.52. The van der Waals surface area contributed by atoms with E-state index in [2.05, 4.69) is 5.32 Å². The summed E-state index contributed by atoms with van der Waals surface area (Å²) in [7, 11) is 1.50. The van der Waals surface area contributed by atoms with Crippen LogP contribution in [-0.2, 0) is 0 Å². The van der Waals surface area contributed by atoms with Crippen molar-refractivity contribution in [2.45, 2.75) is 27.2 Å². The highest BCUT2D eigenvalue weighted by Crippen LogP contribution is 2.29. The quantitative estimate of drug-likeness (QED) is 0.582. The molecule has 110 valence electrons. The van der Waals surface area contributed by atoms with Crippen LogP contribution in [0.15, 0.2) is 12.1 Å². The molecule has 0 saturated carbocycles. The number of nitrogens with two attached hydrogens (primary N) is 1. The summed E-state index contributed by atoms with van der Waals surface area (Å²) < 4.78 is 5.59. The minimum absolute atomic E-state index is 0.322. The zero-order valence-electron chi connectivity index (χ0n) is 12.4. The number of urea groups is 1. The lowest BCUT2D eigenvalue weighted by Crippen LogP contribution is -2.46. The lowest BCUT2D eigenvalue weighted by atomic mass is 10.1. The molecule has 4 N–H and O–H groups in total. The summed E-state index contributed by atoms with van der Waals surface area (Å²) in [6, 6.07) is 3.25. The number of hydrogen-bond acceptors (Lipinski definition) is 3. The summed E-state index contributed by atoms with van der Waals surface area (Å²) in [6.07, 6.45) is 0.928. The number of rotatable bonds is 4.